The van der Waals surface area contributed by atoms with Crippen LogP contribution in [0.3, 0.4) is 0 Å². The smallest absolute Gasteiger partial charge is 0.343 e. The number of fused-ring (bicyclic) bond motifs is 1. The molecule has 1 aliphatic heterocycles. The summed E-state index contributed by atoms with van der Waals surface area (Å²) in [5.74, 6) is 0.614. The van der Waals surface area contributed by atoms with Gasteiger partial charge in [0, 0.05) is 17.0 Å². The number of hydrogen-bond acceptors (Lipinski definition) is 7. The Morgan fingerprint density at radius 2 is 1.79 bits per heavy atom. The molecule has 0 atom stereocenters. The maximum Gasteiger partial charge on any atom is 0.343 e. The highest BCUT2D eigenvalue weighted by Crippen LogP contribution is 2.37. The van der Waals surface area contributed by atoms with Crippen molar-refractivity contribution in [2.75, 3.05) is 6.79 Å². The third-order valence-electron chi connectivity index (χ3n) is 4.19. The zero-order valence-electron chi connectivity index (χ0n) is 15.3. The molecule has 1 heterocycles. The Morgan fingerprint density at radius 3 is 2.55 bits per heavy atom. The molecule has 0 radical (unpaired) electrons. The molecule has 0 fully saturated rings. The molecule has 1 aliphatic rings. The summed E-state index contributed by atoms with van der Waals surface area (Å²) in [6.45, 7) is 2.08. The van der Waals surface area contributed by atoms with Gasteiger partial charge in [-0.2, -0.15) is 0 Å². The minimum Gasteiger partial charge on any atom is -0.454 e. The molecule has 0 aliphatic carbocycles. The van der Waals surface area contributed by atoms with E-state index in [-0.39, 0.29) is 23.8 Å². The molecule has 0 bridgehead atoms. The predicted octanol–water partition coefficient (Wildman–Crippen LogP) is 5.00. The molecule has 0 N–H and O–H groups in total. The number of benzene rings is 3. The van der Waals surface area contributed by atoms with Crippen LogP contribution in [0, 0.1) is 17.0 Å². The molecule has 7 nitrogen and oxygen atoms in total. The first-order valence-corrected chi connectivity index (χ1v) is 9.46. The number of hydrogen-bond donors (Lipinski definition) is 0. The summed E-state index contributed by atoms with van der Waals surface area (Å²) in [6, 6.07) is 16.7. The van der Waals surface area contributed by atoms with E-state index in [0.717, 1.165) is 10.5 Å². The highest BCUT2D eigenvalue weighted by atomic mass is 32.2. The molecule has 8 heteroatoms. The van der Waals surface area contributed by atoms with Crippen LogP contribution in [0.2, 0.25) is 0 Å². The fourth-order valence-electron chi connectivity index (χ4n) is 2.71. The van der Waals surface area contributed by atoms with Gasteiger partial charge in [0.05, 0.1) is 15.4 Å². The molecule has 0 spiro atoms. The highest BCUT2D eigenvalue weighted by Gasteiger charge is 2.21. The van der Waals surface area contributed by atoms with Crippen LogP contribution in [0.1, 0.15) is 15.9 Å². The minimum absolute atomic E-state index is 0.0858. The van der Waals surface area contributed by atoms with Gasteiger partial charge in [-0.25, -0.2) is 4.79 Å². The number of esters is 1. The molecule has 29 heavy (non-hydrogen) atoms. The van der Waals surface area contributed by atoms with Crippen LogP contribution < -0.4 is 14.2 Å². The molecular weight excluding hydrogens is 394 g/mol. The molecule has 0 aromatic heterocycles. The van der Waals surface area contributed by atoms with Crippen LogP contribution in [0.15, 0.2) is 70.5 Å². The van der Waals surface area contributed by atoms with Gasteiger partial charge in [-0.1, -0.05) is 29.5 Å². The normalized spacial score (nSPS) is 11.9. The first-order valence-electron chi connectivity index (χ1n) is 8.64. The fourth-order valence-corrected chi connectivity index (χ4v) is 3.61. The molecule has 3 aromatic carbocycles. The maximum absolute atomic E-state index is 12.5. The van der Waals surface area contributed by atoms with Crippen molar-refractivity contribution < 1.29 is 23.9 Å². The van der Waals surface area contributed by atoms with Gasteiger partial charge in [0.1, 0.15) is 5.75 Å². The molecule has 4 rings (SSSR count). The van der Waals surface area contributed by atoms with Crippen LogP contribution in [0.5, 0.6) is 17.2 Å². The third-order valence-corrected chi connectivity index (χ3v) is 5.27. The summed E-state index contributed by atoms with van der Waals surface area (Å²) in [7, 11) is 0. The molecule has 0 amide bonds. The van der Waals surface area contributed by atoms with Crippen LogP contribution >= 0.6 is 11.8 Å². The van der Waals surface area contributed by atoms with E-state index in [1.165, 1.54) is 30.0 Å². The average molecular weight is 409 g/mol. The summed E-state index contributed by atoms with van der Waals surface area (Å²) < 4.78 is 15.8. The van der Waals surface area contributed by atoms with Crippen molar-refractivity contribution in [3.8, 4) is 17.2 Å². The Hall–Kier alpha value is -3.52. The topological polar surface area (TPSA) is 87.9 Å². The number of nitro benzene ring substituents is 1. The first-order chi connectivity index (χ1) is 14.0. The van der Waals surface area contributed by atoms with Crippen molar-refractivity contribution in [1.82, 2.24) is 0 Å². The number of carbonyl (C=O) groups excluding carboxylic acids is 1. The van der Waals surface area contributed by atoms with Gasteiger partial charge >= 0.3 is 5.97 Å². The average Bonchev–Trinajstić information content (AvgIpc) is 3.17. The van der Waals surface area contributed by atoms with E-state index in [0.29, 0.717) is 16.4 Å². The Morgan fingerprint density at radius 1 is 1.03 bits per heavy atom. The Kier molecular flexibility index (Phi) is 5.09. The molecule has 0 saturated heterocycles. The second-order valence-electron chi connectivity index (χ2n) is 6.26. The van der Waals surface area contributed by atoms with E-state index in [2.05, 4.69) is 0 Å². The van der Waals surface area contributed by atoms with Gasteiger partial charge in [0.25, 0.3) is 5.69 Å². The fraction of sp³-hybridized carbons (Fsp3) is 0.0952. The van der Waals surface area contributed by atoms with E-state index in [1.54, 1.807) is 18.2 Å². The summed E-state index contributed by atoms with van der Waals surface area (Å²) in [4.78, 5) is 24.8. The van der Waals surface area contributed by atoms with Crippen molar-refractivity contribution in [2.45, 2.75) is 16.7 Å². The van der Waals surface area contributed by atoms with Crippen LogP contribution in [0.25, 0.3) is 0 Å². The largest absolute Gasteiger partial charge is 0.454 e. The van der Waals surface area contributed by atoms with Gasteiger partial charge in [0.15, 0.2) is 11.5 Å². The quantitative estimate of drug-likeness (QED) is 0.253. The summed E-state index contributed by atoms with van der Waals surface area (Å²) >= 11 is 1.26. The molecular formula is C21H15NO6S. The summed E-state index contributed by atoms with van der Waals surface area (Å²) in [5.41, 5.74) is 1.03. The first kappa shape index (κ1) is 18.8. The third kappa shape index (κ3) is 4.17. The molecule has 0 unspecified atom stereocenters. The lowest BCUT2D eigenvalue weighted by Gasteiger charge is -2.07. The van der Waals surface area contributed by atoms with E-state index in [1.807, 2.05) is 31.2 Å². The van der Waals surface area contributed by atoms with Crippen LogP contribution in [-0.2, 0) is 0 Å². The molecule has 146 valence electrons. The van der Waals surface area contributed by atoms with Gasteiger partial charge in [-0.3, -0.25) is 10.1 Å². The van der Waals surface area contributed by atoms with Crippen LogP contribution in [-0.4, -0.2) is 17.7 Å². The number of carbonyl (C=O) groups is 1. The van der Waals surface area contributed by atoms with Crippen molar-refractivity contribution in [1.29, 1.82) is 0 Å². The lowest BCUT2D eigenvalue weighted by Crippen LogP contribution is -2.09. The minimum atomic E-state index is -0.696. The maximum atomic E-state index is 12.5. The SMILES string of the molecule is Cc1ccc(Sc2ccc(C(=O)Oc3ccc4c(c3)OCO4)cc2[N+](=O)[O-])cc1. The van der Waals surface area contributed by atoms with E-state index < -0.39 is 10.9 Å². The van der Waals surface area contributed by atoms with Crippen molar-refractivity contribution >= 4 is 23.4 Å². The van der Waals surface area contributed by atoms with Gasteiger partial charge in [-0.15, -0.1) is 0 Å². The highest BCUT2D eigenvalue weighted by molar-refractivity contribution is 7.99. The van der Waals surface area contributed by atoms with E-state index in [9.17, 15) is 14.9 Å². The number of nitro groups is 1. The van der Waals surface area contributed by atoms with Gasteiger partial charge in [-0.05, 0) is 43.3 Å². The standard InChI is InChI=1S/C21H15NO6S/c1-13-2-6-16(7-3-13)29-20-9-4-14(10-17(20)22(24)25)21(23)28-15-5-8-18-19(11-15)27-12-26-18/h2-11H,12H2,1H3. The molecule has 0 saturated carbocycles. The monoisotopic (exact) mass is 409 g/mol. The van der Waals surface area contributed by atoms with Gasteiger partial charge < -0.3 is 14.2 Å². The Labute approximate surface area is 170 Å². The number of nitrogens with zero attached hydrogens (tertiary/aromatic N) is 1. The van der Waals surface area contributed by atoms with Crippen LogP contribution in [0.4, 0.5) is 5.69 Å². The van der Waals surface area contributed by atoms with Gasteiger partial charge in [0.2, 0.25) is 6.79 Å². The lowest BCUT2D eigenvalue weighted by molar-refractivity contribution is -0.387. The summed E-state index contributed by atoms with van der Waals surface area (Å²) in [6.07, 6.45) is 0. The second-order valence-corrected chi connectivity index (χ2v) is 7.37. The lowest BCUT2D eigenvalue weighted by atomic mass is 10.2. The zero-order chi connectivity index (χ0) is 20.4. The number of rotatable bonds is 5. The number of ether oxygens (including phenoxy) is 3. The predicted molar refractivity (Wildman–Crippen MR) is 106 cm³/mol. The number of aryl methyl sites for hydroxylation is 1. The van der Waals surface area contributed by atoms with Crippen molar-refractivity contribution in [3.05, 3.63) is 81.9 Å². The second kappa shape index (κ2) is 7.84. The van der Waals surface area contributed by atoms with Crippen molar-refractivity contribution in [2.24, 2.45) is 0 Å². The van der Waals surface area contributed by atoms with Crippen molar-refractivity contribution in [3.63, 3.8) is 0 Å². The van der Waals surface area contributed by atoms with E-state index >= 15 is 0 Å². The molecule has 3 aromatic rings. The van der Waals surface area contributed by atoms with E-state index in [4.69, 9.17) is 14.2 Å². The Balaban J connectivity index is 1.56. The summed E-state index contributed by atoms with van der Waals surface area (Å²) in [5, 5.41) is 11.5. The zero-order valence-corrected chi connectivity index (χ0v) is 16.1. The Bertz CT molecular complexity index is 1100.